The molecule has 0 atom stereocenters. The zero-order valence-electron chi connectivity index (χ0n) is 9.81. The molecule has 0 aromatic heterocycles. The zero-order valence-corrected chi connectivity index (χ0v) is 9.81. The largest absolute Gasteiger partial charge is 0.495 e. The summed E-state index contributed by atoms with van der Waals surface area (Å²) in [5, 5.41) is 8.91. The molecule has 3 N–H and O–H groups in total. The van der Waals surface area contributed by atoms with E-state index in [-0.39, 0.29) is 22.6 Å². The summed E-state index contributed by atoms with van der Waals surface area (Å²) in [5.41, 5.74) is 5.17. The quantitative estimate of drug-likeness (QED) is 0.747. The van der Waals surface area contributed by atoms with Crippen molar-refractivity contribution in [2.24, 2.45) is 5.73 Å². The Bertz CT molecular complexity index is 528. The highest BCUT2D eigenvalue weighted by Crippen LogP contribution is 2.29. The predicted molar refractivity (Wildman–Crippen MR) is 62.6 cm³/mol. The van der Waals surface area contributed by atoms with Crippen molar-refractivity contribution in [2.45, 2.75) is 0 Å². The maximum absolute atomic E-state index is 10.9. The van der Waals surface area contributed by atoms with Gasteiger partial charge in [0.2, 0.25) is 0 Å². The highest BCUT2D eigenvalue weighted by atomic mass is 16.5. The van der Waals surface area contributed by atoms with Crippen LogP contribution in [0, 0.1) is 11.8 Å². The van der Waals surface area contributed by atoms with Crippen LogP contribution in [0.1, 0.15) is 15.9 Å². The molecule has 0 radical (unpaired) electrons. The second-order valence-corrected chi connectivity index (χ2v) is 3.18. The lowest BCUT2D eigenvalue weighted by Crippen LogP contribution is -2.06. The molecule has 0 saturated carbocycles. The first-order valence-electron chi connectivity index (χ1n) is 4.80. The first kappa shape index (κ1) is 13.4. The second-order valence-electron chi connectivity index (χ2n) is 3.18. The molecule has 0 aliphatic carbocycles. The van der Waals surface area contributed by atoms with E-state index in [4.69, 9.17) is 20.3 Å². The molecule has 1 aromatic carbocycles. The minimum absolute atomic E-state index is 0.00618. The Morgan fingerprint density at radius 3 is 2.06 bits per heavy atom. The molecule has 0 aliphatic rings. The number of carboxylic acids is 1. The predicted octanol–water partition coefficient (Wildman–Crippen LogP) is 0.239. The number of methoxy groups -OCH3 is 2. The minimum Gasteiger partial charge on any atom is -0.495 e. The number of benzene rings is 1. The summed E-state index contributed by atoms with van der Waals surface area (Å²) in [4.78, 5) is 21.5. The van der Waals surface area contributed by atoms with Gasteiger partial charge >= 0.3 is 5.97 Å². The van der Waals surface area contributed by atoms with E-state index in [9.17, 15) is 9.59 Å². The SMILES string of the molecule is COc1cc(C(=O)O)cc(OC)c1C#CC(N)=O. The van der Waals surface area contributed by atoms with E-state index in [1.54, 1.807) is 0 Å². The van der Waals surface area contributed by atoms with Gasteiger partial charge in [0.05, 0.1) is 19.8 Å². The van der Waals surface area contributed by atoms with Gasteiger partial charge in [-0.05, 0) is 18.1 Å². The van der Waals surface area contributed by atoms with Gasteiger partial charge in [0.15, 0.2) is 0 Å². The summed E-state index contributed by atoms with van der Waals surface area (Å²) in [6, 6.07) is 2.58. The van der Waals surface area contributed by atoms with E-state index in [1.165, 1.54) is 26.4 Å². The van der Waals surface area contributed by atoms with Crippen LogP contribution in [0.3, 0.4) is 0 Å². The lowest BCUT2D eigenvalue weighted by Gasteiger charge is -2.09. The van der Waals surface area contributed by atoms with Gasteiger partial charge in [0, 0.05) is 5.92 Å². The Kier molecular flexibility index (Phi) is 4.16. The number of aromatic carboxylic acids is 1. The van der Waals surface area contributed by atoms with Gasteiger partial charge in [-0.25, -0.2) is 4.79 Å². The summed E-state index contributed by atoms with van der Waals surface area (Å²) < 4.78 is 10.0. The van der Waals surface area contributed by atoms with Crippen molar-refractivity contribution in [1.29, 1.82) is 0 Å². The van der Waals surface area contributed by atoms with E-state index in [2.05, 4.69) is 11.8 Å². The van der Waals surface area contributed by atoms with Crippen molar-refractivity contribution in [3.63, 3.8) is 0 Å². The molecule has 6 heteroatoms. The number of ether oxygens (including phenoxy) is 2. The molecule has 0 aliphatic heterocycles. The first-order chi connectivity index (χ1) is 8.49. The van der Waals surface area contributed by atoms with Crippen molar-refractivity contribution in [2.75, 3.05) is 14.2 Å². The number of nitrogens with two attached hydrogens (primary N) is 1. The molecule has 0 bridgehead atoms. The summed E-state index contributed by atoms with van der Waals surface area (Å²) in [6.45, 7) is 0. The fourth-order valence-corrected chi connectivity index (χ4v) is 1.28. The molecule has 0 saturated heterocycles. The van der Waals surface area contributed by atoms with Gasteiger partial charge in [-0.3, -0.25) is 4.79 Å². The third-order valence-corrected chi connectivity index (χ3v) is 2.06. The van der Waals surface area contributed by atoms with E-state index < -0.39 is 11.9 Å². The fraction of sp³-hybridized carbons (Fsp3) is 0.167. The number of primary amides is 1. The number of carboxylic acid groups (broad SMARTS) is 1. The van der Waals surface area contributed by atoms with Crippen molar-refractivity contribution >= 4 is 11.9 Å². The summed E-state index contributed by atoms with van der Waals surface area (Å²) in [7, 11) is 2.71. The standard InChI is InChI=1S/C12H11NO5/c1-17-9-5-7(12(15)16)6-10(18-2)8(9)3-4-11(13)14/h5-6H,1-2H3,(H2,13,14)(H,15,16). The van der Waals surface area contributed by atoms with E-state index in [1.807, 2.05) is 0 Å². The van der Waals surface area contributed by atoms with Gasteiger partial charge in [0.25, 0.3) is 5.91 Å². The van der Waals surface area contributed by atoms with Crippen molar-refractivity contribution in [1.82, 2.24) is 0 Å². The van der Waals surface area contributed by atoms with Gasteiger partial charge < -0.3 is 20.3 Å². The lowest BCUT2D eigenvalue weighted by molar-refractivity contribution is -0.112. The highest BCUT2D eigenvalue weighted by Gasteiger charge is 2.14. The molecular formula is C12H11NO5. The molecule has 0 heterocycles. The molecule has 18 heavy (non-hydrogen) atoms. The maximum Gasteiger partial charge on any atom is 0.335 e. The van der Waals surface area contributed by atoms with Gasteiger partial charge in [-0.15, -0.1) is 0 Å². The van der Waals surface area contributed by atoms with Crippen molar-refractivity contribution in [3.05, 3.63) is 23.3 Å². The number of hydrogen-bond donors (Lipinski definition) is 2. The van der Waals surface area contributed by atoms with Gasteiger partial charge in [0.1, 0.15) is 17.1 Å². The number of carbonyl (C=O) groups is 2. The fourth-order valence-electron chi connectivity index (χ4n) is 1.28. The van der Waals surface area contributed by atoms with Crippen LogP contribution in [0.4, 0.5) is 0 Å². The number of carbonyl (C=O) groups excluding carboxylic acids is 1. The third-order valence-electron chi connectivity index (χ3n) is 2.06. The minimum atomic E-state index is -1.12. The number of rotatable bonds is 3. The van der Waals surface area contributed by atoms with Crippen LogP contribution in [-0.2, 0) is 4.79 Å². The van der Waals surface area contributed by atoms with Crippen LogP contribution in [0.15, 0.2) is 12.1 Å². The highest BCUT2D eigenvalue weighted by molar-refractivity contribution is 5.93. The molecule has 0 spiro atoms. The van der Waals surface area contributed by atoms with Crippen LogP contribution < -0.4 is 15.2 Å². The average Bonchev–Trinajstić information content (AvgIpc) is 2.34. The van der Waals surface area contributed by atoms with Crippen LogP contribution in [0.5, 0.6) is 11.5 Å². The van der Waals surface area contributed by atoms with Crippen LogP contribution in [0.25, 0.3) is 0 Å². The molecule has 1 amide bonds. The Hall–Kier alpha value is -2.68. The molecule has 6 nitrogen and oxygen atoms in total. The average molecular weight is 249 g/mol. The molecule has 1 aromatic rings. The summed E-state index contributed by atoms with van der Waals surface area (Å²) >= 11 is 0. The summed E-state index contributed by atoms with van der Waals surface area (Å²) in [5.74, 6) is 3.08. The monoisotopic (exact) mass is 249 g/mol. The molecule has 0 unspecified atom stereocenters. The van der Waals surface area contributed by atoms with E-state index >= 15 is 0 Å². The van der Waals surface area contributed by atoms with E-state index in [0.29, 0.717) is 0 Å². The van der Waals surface area contributed by atoms with Crippen LogP contribution >= 0.6 is 0 Å². The van der Waals surface area contributed by atoms with Gasteiger partial charge in [-0.2, -0.15) is 0 Å². The Morgan fingerprint density at radius 1 is 1.22 bits per heavy atom. The maximum atomic E-state index is 10.9. The Balaban J connectivity index is 3.45. The molecule has 94 valence electrons. The van der Waals surface area contributed by atoms with Crippen LogP contribution in [-0.4, -0.2) is 31.2 Å². The number of amides is 1. The van der Waals surface area contributed by atoms with Crippen LogP contribution in [0.2, 0.25) is 0 Å². The second kappa shape index (κ2) is 5.59. The lowest BCUT2D eigenvalue weighted by atomic mass is 10.1. The molecular weight excluding hydrogens is 238 g/mol. The molecule has 1 rings (SSSR count). The third kappa shape index (κ3) is 2.92. The molecule has 0 fully saturated rings. The van der Waals surface area contributed by atoms with Crippen molar-refractivity contribution < 1.29 is 24.2 Å². The zero-order chi connectivity index (χ0) is 13.7. The van der Waals surface area contributed by atoms with Gasteiger partial charge in [-0.1, -0.05) is 0 Å². The smallest absolute Gasteiger partial charge is 0.335 e. The topological polar surface area (TPSA) is 98.8 Å². The first-order valence-corrected chi connectivity index (χ1v) is 4.80. The summed E-state index contributed by atoms with van der Waals surface area (Å²) in [6.07, 6.45) is 0. The normalized spacial score (nSPS) is 9.00. The van der Waals surface area contributed by atoms with Crippen molar-refractivity contribution in [3.8, 4) is 23.3 Å². The van der Waals surface area contributed by atoms with E-state index in [0.717, 1.165) is 0 Å². The Morgan fingerprint density at radius 2 is 1.72 bits per heavy atom. The number of hydrogen-bond acceptors (Lipinski definition) is 4. The Labute approximate surface area is 103 Å².